The number of thioether (sulfide) groups is 1. The molecule has 2 rings (SSSR count). The number of carbonyl (C=O) groups excluding carboxylic acids is 2. The average Bonchev–Trinajstić information content (AvgIpc) is 2.83. The molecule has 1 saturated heterocycles. The van der Waals surface area contributed by atoms with Crippen molar-refractivity contribution in [2.75, 3.05) is 6.54 Å². The molecule has 136 valence electrons. The summed E-state index contributed by atoms with van der Waals surface area (Å²) >= 11 is 6.29. The highest BCUT2D eigenvalue weighted by Gasteiger charge is 2.33. The van der Waals surface area contributed by atoms with E-state index < -0.39 is 17.9 Å². The lowest BCUT2D eigenvalue weighted by atomic mass is 10.1. The van der Waals surface area contributed by atoms with E-state index in [0.29, 0.717) is 4.91 Å². The molecule has 0 spiro atoms. The lowest BCUT2D eigenvalue weighted by Gasteiger charge is -2.15. The van der Waals surface area contributed by atoms with Gasteiger partial charge in [0.2, 0.25) is 5.91 Å². The summed E-state index contributed by atoms with van der Waals surface area (Å²) in [5.74, 6) is -2.08. The zero-order valence-electron chi connectivity index (χ0n) is 14.3. The largest absolute Gasteiger partial charge is 0.480 e. The van der Waals surface area contributed by atoms with Crippen molar-refractivity contribution in [3.05, 3.63) is 52.4 Å². The fourth-order valence-corrected chi connectivity index (χ4v) is 3.49. The molecule has 0 bridgehead atoms. The second-order valence-electron chi connectivity index (χ2n) is 5.69. The molecule has 0 aromatic heterocycles. The summed E-state index contributed by atoms with van der Waals surface area (Å²) in [7, 11) is 0. The molecule has 0 saturated carbocycles. The Balaban J connectivity index is 2.07. The number of nitrogens with zero attached hydrogens (tertiary/aromatic N) is 1. The minimum absolute atomic E-state index is 0.270. The van der Waals surface area contributed by atoms with Gasteiger partial charge < -0.3 is 10.4 Å². The Kier molecular flexibility index (Phi) is 6.70. The van der Waals surface area contributed by atoms with Crippen LogP contribution in [0.2, 0.25) is 0 Å². The van der Waals surface area contributed by atoms with Crippen LogP contribution in [0.1, 0.15) is 19.4 Å². The van der Waals surface area contributed by atoms with Crippen LogP contribution in [-0.4, -0.2) is 44.7 Å². The first kappa shape index (κ1) is 19.9. The third-order valence-corrected chi connectivity index (χ3v) is 4.85. The van der Waals surface area contributed by atoms with E-state index in [0.717, 1.165) is 22.9 Å². The molecule has 1 fully saturated rings. The van der Waals surface area contributed by atoms with Crippen LogP contribution in [0, 0.1) is 0 Å². The quantitative estimate of drug-likeness (QED) is 0.573. The predicted molar refractivity (Wildman–Crippen MR) is 105 cm³/mol. The molecule has 1 aromatic carbocycles. The SMILES string of the molecule is CC(/C=C1\SC(=S)N(CC(=O)NC(C)C(=O)O)C1=O)=C\c1ccccc1. The summed E-state index contributed by atoms with van der Waals surface area (Å²) in [5.41, 5.74) is 1.89. The smallest absolute Gasteiger partial charge is 0.325 e. The van der Waals surface area contributed by atoms with Crippen LogP contribution >= 0.6 is 24.0 Å². The molecule has 2 amide bonds. The van der Waals surface area contributed by atoms with E-state index >= 15 is 0 Å². The highest BCUT2D eigenvalue weighted by molar-refractivity contribution is 8.26. The number of carbonyl (C=O) groups is 3. The molecule has 1 aliphatic rings. The van der Waals surface area contributed by atoms with Crippen molar-refractivity contribution in [2.24, 2.45) is 0 Å². The first-order chi connectivity index (χ1) is 12.3. The molecule has 2 N–H and O–H groups in total. The number of amides is 2. The highest BCUT2D eigenvalue weighted by Crippen LogP contribution is 2.31. The first-order valence-electron chi connectivity index (χ1n) is 7.79. The number of nitrogens with one attached hydrogen (secondary N) is 1. The van der Waals surface area contributed by atoms with Gasteiger partial charge in [0.05, 0.1) is 4.91 Å². The maximum absolute atomic E-state index is 12.5. The Morgan fingerprint density at radius 2 is 2.00 bits per heavy atom. The summed E-state index contributed by atoms with van der Waals surface area (Å²) in [6, 6.07) is 8.65. The van der Waals surface area contributed by atoms with Gasteiger partial charge in [-0.15, -0.1) is 0 Å². The molecule has 0 aliphatic carbocycles. The second-order valence-corrected chi connectivity index (χ2v) is 7.37. The van der Waals surface area contributed by atoms with E-state index in [1.807, 2.05) is 43.3 Å². The monoisotopic (exact) mass is 390 g/mol. The van der Waals surface area contributed by atoms with Crippen molar-refractivity contribution in [2.45, 2.75) is 19.9 Å². The highest BCUT2D eigenvalue weighted by atomic mass is 32.2. The number of thiocarbonyl (C=S) groups is 1. The maximum atomic E-state index is 12.5. The van der Waals surface area contributed by atoms with Gasteiger partial charge in [0.1, 0.15) is 16.9 Å². The van der Waals surface area contributed by atoms with Gasteiger partial charge in [0, 0.05) is 0 Å². The van der Waals surface area contributed by atoms with E-state index in [1.54, 1.807) is 6.08 Å². The van der Waals surface area contributed by atoms with Gasteiger partial charge >= 0.3 is 5.97 Å². The van der Waals surface area contributed by atoms with Gasteiger partial charge in [0.15, 0.2) is 0 Å². The Hall–Kier alpha value is -2.45. The summed E-state index contributed by atoms with van der Waals surface area (Å²) in [6.45, 7) is 2.92. The van der Waals surface area contributed by atoms with Gasteiger partial charge in [0.25, 0.3) is 5.91 Å². The molecule has 6 nitrogen and oxygen atoms in total. The average molecular weight is 390 g/mol. The van der Waals surface area contributed by atoms with Gasteiger partial charge in [-0.25, -0.2) is 0 Å². The van der Waals surface area contributed by atoms with Crippen LogP contribution in [0.25, 0.3) is 6.08 Å². The lowest BCUT2D eigenvalue weighted by Crippen LogP contribution is -2.45. The third kappa shape index (κ3) is 5.27. The zero-order valence-corrected chi connectivity index (χ0v) is 15.9. The minimum Gasteiger partial charge on any atom is -0.480 e. The number of hydrogen-bond acceptors (Lipinski definition) is 5. The number of allylic oxidation sites excluding steroid dienone is 2. The second kappa shape index (κ2) is 8.77. The maximum Gasteiger partial charge on any atom is 0.325 e. The lowest BCUT2D eigenvalue weighted by molar-refractivity contribution is -0.141. The van der Waals surface area contributed by atoms with Crippen LogP contribution in [0.15, 0.2) is 46.9 Å². The van der Waals surface area contributed by atoms with Crippen LogP contribution in [0.4, 0.5) is 0 Å². The Labute approximate surface area is 160 Å². The van der Waals surface area contributed by atoms with Crippen LogP contribution in [0.5, 0.6) is 0 Å². The molecular weight excluding hydrogens is 372 g/mol. The van der Waals surface area contributed by atoms with E-state index in [4.69, 9.17) is 17.3 Å². The third-order valence-electron chi connectivity index (χ3n) is 3.48. The molecule has 1 heterocycles. The summed E-state index contributed by atoms with van der Waals surface area (Å²) in [4.78, 5) is 36.8. The molecule has 0 radical (unpaired) electrons. The van der Waals surface area contributed by atoms with Gasteiger partial charge in [-0.05, 0) is 31.1 Å². The Bertz CT molecular complexity index is 803. The Morgan fingerprint density at radius 1 is 1.35 bits per heavy atom. The zero-order chi connectivity index (χ0) is 19.3. The summed E-state index contributed by atoms with van der Waals surface area (Å²) in [6.07, 6.45) is 3.66. The van der Waals surface area contributed by atoms with Crippen LogP contribution in [0.3, 0.4) is 0 Å². The predicted octanol–water partition coefficient (Wildman–Crippen LogP) is 2.42. The van der Waals surface area contributed by atoms with Crippen molar-refractivity contribution >= 4 is 52.2 Å². The number of rotatable bonds is 6. The fourth-order valence-electron chi connectivity index (χ4n) is 2.19. The van der Waals surface area contributed by atoms with Crippen molar-refractivity contribution in [1.82, 2.24) is 10.2 Å². The van der Waals surface area contributed by atoms with E-state index in [1.165, 1.54) is 11.8 Å². The van der Waals surface area contributed by atoms with Gasteiger partial charge in [-0.1, -0.05) is 60.4 Å². The van der Waals surface area contributed by atoms with Crippen molar-refractivity contribution in [3.8, 4) is 0 Å². The van der Waals surface area contributed by atoms with Crippen molar-refractivity contribution in [1.29, 1.82) is 0 Å². The first-order valence-corrected chi connectivity index (χ1v) is 9.01. The van der Waals surface area contributed by atoms with Gasteiger partial charge in [-0.3, -0.25) is 19.3 Å². The number of aliphatic carboxylic acids is 1. The number of carboxylic acids is 1. The number of benzene rings is 1. The Morgan fingerprint density at radius 3 is 2.62 bits per heavy atom. The standard InChI is InChI=1S/C18H18N2O4S2/c1-11(8-13-6-4-3-5-7-13)9-14-16(22)20(18(25)26-14)10-15(21)19-12(2)17(23)24/h3-9,12H,10H2,1-2H3,(H,19,21)(H,23,24)/b11-8+,14-9-. The number of carboxylic acid groups (broad SMARTS) is 1. The molecule has 8 heteroatoms. The van der Waals surface area contributed by atoms with Crippen molar-refractivity contribution < 1.29 is 19.5 Å². The molecule has 26 heavy (non-hydrogen) atoms. The molecule has 1 aromatic rings. The molecule has 1 aliphatic heterocycles. The number of hydrogen-bond donors (Lipinski definition) is 2. The molecular formula is C18H18N2O4S2. The topological polar surface area (TPSA) is 86.7 Å². The van der Waals surface area contributed by atoms with Crippen LogP contribution in [-0.2, 0) is 14.4 Å². The van der Waals surface area contributed by atoms with Gasteiger partial charge in [-0.2, -0.15) is 0 Å². The van der Waals surface area contributed by atoms with Crippen LogP contribution < -0.4 is 5.32 Å². The molecule has 1 atom stereocenters. The normalized spacial score (nSPS) is 17.5. The van der Waals surface area contributed by atoms with E-state index in [-0.39, 0.29) is 16.8 Å². The van der Waals surface area contributed by atoms with E-state index in [9.17, 15) is 14.4 Å². The minimum atomic E-state index is -1.15. The fraction of sp³-hybridized carbons (Fsp3) is 0.222. The summed E-state index contributed by atoms with van der Waals surface area (Å²) < 4.78 is 0.270. The molecule has 1 unspecified atom stereocenters. The van der Waals surface area contributed by atoms with Crippen molar-refractivity contribution in [3.63, 3.8) is 0 Å². The van der Waals surface area contributed by atoms with E-state index in [2.05, 4.69) is 5.32 Å². The summed E-state index contributed by atoms with van der Waals surface area (Å²) in [5, 5.41) is 11.1.